The molecule has 0 aliphatic rings. The Kier molecular flexibility index (Phi) is 5.25. The number of rotatable bonds is 5. The molecule has 4 heteroatoms. The second kappa shape index (κ2) is 6.75. The molecule has 0 spiro atoms. The van der Waals surface area contributed by atoms with Crippen molar-refractivity contribution in [1.29, 1.82) is 0 Å². The fraction of sp³-hybridized carbons (Fsp3) is 0.375. The van der Waals surface area contributed by atoms with Crippen LogP contribution in [0.4, 0.5) is 0 Å². The van der Waals surface area contributed by atoms with Gasteiger partial charge in [0.25, 0.3) is 0 Å². The fourth-order valence-corrected chi connectivity index (χ4v) is 3.27. The molecule has 0 aliphatic heterocycles. The lowest BCUT2D eigenvalue weighted by Crippen LogP contribution is -2.31. The van der Waals surface area contributed by atoms with Gasteiger partial charge in [0, 0.05) is 4.47 Å². The van der Waals surface area contributed by atoms with Crippen LogP contribution in [-0.4, -0.2) is 17.2 Å². The van der Waals surface area contributed by atoms with Gasteiger partial charge in [0.2, 0.25) is 0 Å². The van der Waals surface area contributed by atoms with E-state index in [9.17, 15) is 10.0 Å². The van der Waals surface area contributed by atoms with Crippen LogP contribution in [0.15, 0.2) is 28.7 Å². The van der Waals surface area contributed by atoms with Gasteiger partial charge in [-0.15, -0.1) is 0 Å². The summed E-state index contributed by atoms with van der Waals surface area (Å²) in [5.41, 5.74) is 2.97. The third-order valence-electron chi connectivity index (χ3n) is 3.53. The zero-order valence-electron chi connectivity index (χ0n) is 12.0. The van der Waals surface area contributed by atoms with Crippen LogP contribution < -0.4 is 5.46 Å². The Hall–Kier alpha value is -0.835. The molecular weight excluding hydrogens is 315 g/mol. The first-order valence-electron chi connectivity index (χ1n) is 7.17. The van der Waals surface area contributed by atoms with Crippen molar-refractivity contribution in [1.82, 2.24) is 0 Å². The quantitative estimate of drug-likeness (QED) is 0.824. The number of fused-ring (bicyclic) bond motifs is 1. The summed E-state index contributed by atoms with van der Waals surface area (Å²) in [5.74, 6) is 0. The minimum absolute atomic E-state index is 0.601. The molecule has 106 valence electrons. The van der Waals surface area contributed by atoms with Crippen molar-refractivity contribution < 1.29 is 10.0 Å². The van der Waals surface area contributed by atoms with Crippen molar-refractivity contribution in [2.45, 2.75) is 39.5 Å². The second-order valence-electron chi connectivity index (χ2n) is 5.23. The number of halogens is 1. The molecule has 0 fully saturated rings. The maximum atomic E-state index is 9.67. The highest BCUT2D eigenvalue weighted by Crippen LogP contribution is 2.27. The Bertz CT molecular complexity index is 611. The highest BCUT2D eigenvalue weighted by molar-refractivity contribution is 9.10. The molecule has 0 atom stereocenters. The fourth-order valence-electron chi connectivity index (χ4n) is 2.64. The van der Waals surface area contributed by atoms with E-state index in [1.807, 2.05) is 6.07 Å². The van der Waals surface area contributed by atoms with Crippen LogP contribution in [-0.2, 0) is 12.8 Å². The summed E-state index contributed by atoms with van der Waals surface area (Å²) in [5, 5.41) is 21.3. The molecule has 0 unspecified atom stereocenters. The monoisotopic (exact) mass is 334 g/mol. The van der Waals surface area contributed by atoms with Crippen LogP contribution >= 0.6 is 15.9 Å². The number of hydrogen-bond acceptors (Lipinski definition) is 2. The second-order valence-corrected chi connectivity index (χ2v) is 6.09. The van der Waals surface area contributed by atoms with E-state index in [4.69, 9.17) is 0 Å². The smallest absolute Gasteiger partial charge is 0.423 e. The third kappa shape index (κ3) is 3.25. The highest BCUT2D eigenvalue weighted by atomic mass is 79.9. The van der Waals surface area contributed by atoms with Gasteiger partial charge in [-0.05, 0) is 46.3 Å². The largest absolute Gasteiger partial charge is 0.489 e. The Labute approximate surface area is 129 Å². The molecule has 20 heavy (non-hydrogen) atoms. The minimum atomic E-state index is -1.43. The summed E-state index contributed by atoms with van der Waals surface area (Å²) in [6.07, 6.45) is 4.05. The predicted octanol–water partition coefficient (Wildman–Crippen LogP) is 3.19. The SMILES string of the molecule is CCCc1cc(B(O)O)c2cc(CCC)cc(Br)c2c1. The molecule has 0 heterocycles. The zero-order valence-corrected chi connectivity index (χ0v) is 13.6. The molecule has 0 saturated carbocycles. The van der Waals surface area contributed by atoms with Crippen LogP contribution in [0.2, 0.25) is 0 Å². The van der Waals surface area contributed by atoms with E-state index in [2.05, 4.69) is 48.0 Å². The van der Waals surface area contributed by atoms with Crippen LogP contribution in [0.1, 0.15) is 37.8 Å². The predicted molar refractivity (Wildman–Crippen MR) is 89.5 cm³/mol. The molecule has 0 radical (unpaired) electrons. The molecule has 2 nitrogen and oxygen atoms in total. The Morgan fingerprint density at radius 1 is 0.900 bits per heavy atom. The molecule has 2 aromatic carbocycles. The van der Waals surface area contributed by atoms with Crippen molar-refractivity contribution in [3.05, 3.63) is 39.9 Å². The first-order valence-corrected chi connectivity index (χ1v) is 7.97. The lowest BCUT2D eigenvalue weighted by molar-refractivity contribution is 0.426. The van der Waals surface area contributed by atoms with Crippen LogP contribution in [0.5, 0.6) is 0 Å². The average Bonchev–Trinajstić information content (AvgIpc) is 2.39. The summed E-state index contributed by atoms with van der Waals surface area (Å²) >= 11 is 3.62. The molecule has 0 aromatic heterocycles. The Morgan fingerprint density at radius 3 is 2.00 bits per heavy atom. The number of hydrogen-bond donors (Lipinski definition) is 2. The van der Waals surface area contributed by atoms with E-state index < -0.39 is 7.12 Å². The molecule has 0 amide bonds. The van der Waals surface area contributed by atoms with Gasteiger partial charge in [0.05, 0.1) is 0 Å². The maximum absolute atomic E-state index is 9.67. The molecule has 2 rings (SSSR count). The van der Waals surface area contributed by atoms with Gasteiger partial charge in [-0.3, -0.25) is 0 Å². The molecular formula is C16H20BBrO2. The summed E-state index contributed by atoms with van der Waals surface area (Å²) in [6, 6.07) is 8.27. The van der Waals surface area contributed by atoms with Crippen molar-refractivity contribution in [2.24, 2.45) is 0 Å². The first kappa shape index (κ1) is 15.6. The number of benzene rings is 2. The topological polar surface area (TPSA) is 40.5 Å². The van der Waals surface area contributed by atoms with Crippen LogP contribution in [0.25, 0.3) is 10.8 Å². The zero-order chi connectivity index (χ0) is 14.7. The van der Waals surface area contributed by atoms with Crippen molar-refractivity contribution in [2.75, 3.05) is 0 Å². The molecule has 0 bridgehead atoms. The van der Waals surface area contributed by atoms with Crippen LogP contribution in [0, 0.1) is 0 Å². The molecule has 0 saturated heterocycles. The van der Waals surface area contributed by atoms with E-state index >= 15 is 0 Å². The summed E-state index contributed by atoms with van der Waals surface area (Å²) < 4.78 is 1.03. The van der Waals surface area contributed by atoms with Gasteiger partial charge in [0.15, 0.2) is 0 Å². The molecule has 2 aromatic rings. The van der Waals surface area contributed by atoms with E-state index in [-0.39, 0.29) is 0 Å². The lowest BCUT2D eigenvalue weighted by atomic mass is 9.75. The van der Waals surface area contributed by atoms with E-state index in [0.717, 1.165) is 46.5 Å². The van der Waals surface area contributed by atoms with Gasteiger partial charge in [-0.2, -0.15) is 0 Å². The first-order chi connectivity index (χ1) is 9.56. The Balaban J connectivity index is 2.69. The molecule has 2 N–H and O–H groups in total. The van der Waals surface area contributed by atoms with Crippen molar-refractivity contribution in [3.63, 3.8) is 0 Å². The standard InChI is InChI=1S/C16H20BBrO2/c1-3-5-11-8-14-13(15(9-11)17(19)20)7-12(6-4-2)10-16(14)18/h7-10,19-20H,3-6H2,1-2H3. The highest BCUT2D eigenvalue weighted by Gasteiger charge is 2.17. The van der Waals surface area contributed by atoms with Crippen LogP contribution in [0.3, 0.4) is 0 Å². The normalized spacial score (nSPS) is 11.1. The average molecular weight is 335 g/mol. The van der Waals surface area contributed by atoms with E-state index in [0.29, 0.717) is 5.46 Å². The molecule has 0 aliphatic carbocycles. The minimum Gasteiger partial charge on any atom is -0.423 e. The maximum Gasteiger partial charge on any atom is 0.489 e. The van der Waals surface area contributed by atoms with Gasteiger partial charge in [0.1, 0.15) is 0 Å². The summed E-state index contributed by atoms with van der Waals surface area (Å²) in [4.78, 5) is 0. The third-order valence-corrected chi connectivity index (χ3v) is 4.18. The summed E-state index contributed by atoms with van der Waals surface area (Å²) in [7, 11) is -1.43. The van der Waals surface area contributed by atoms with Crippen molar-refractivity contribution >= 4 is 39.3 Å². The van der Waals surface area contributed by atoms with Gasteiger partial charge >= 0.3 is 7.12 Å². The van der Waals surface area contributed by atoms with E-state index in [1.54, 1.807) is 0 Å². The van der Waals surface area contributed by atoms with Crippen molar-refractivity contribution in [3.8, 4) is 0 Å². The van der Waals surface area contributed by atoms with Gasteiger partial charge in [-0.1, -0.05) is 60.8 Å². The Morgan fingerprint density at radius 2 is 1.45 bits per heavy atom. The van der Waals surface area contributed by atoms with Gasteiger partial charge < -0.3 is 10.0 Å². The lowest BCUT2D eigenvalue weighted by Gasteiger charge is -2.13. The summed E-state index contributed by atoms with van der Waals surface area (Å²) in [6.45, 7) is 4.27. The number of aryl methyl sites for hydroxylation is 2. The van der Waals surface area contributed by atoms with E-state index in [1.165, 1.54) is 5.56 Å². The van der Waals surface area contributed by atoms with Gasteiger partial charge in [-0.25, -0.2) is 0 Å².